The molecule has 0 radical (unpaired) electrons. The molecule has 0 N–H and O–H groups in total. The molecule has 3 nitrogen and oxygen atoms in total. The van der Waals surface area contributed by atoms with Crippen molar-refractivity contribution in [2.45, 2.75) is 33.3 Å². The Morgan fingerprint density at radius 1 is 1.31 bits per heavy atom. The van der Waals surface area contributed by atoms with Crippen molar-refractivity contribution in [1.82, 2.24) is 0 Å². The molecule has 0 aliphatic rings. The monoisotopic (exact) mass is 417 g/mol. The fourth-order valence-electron chi connectivity index (χ4n) is 2.35. The zero-order valence-electron chi connectivity index (χ0n) is 15.1. The summed E-state index contributed by atoms with van der Waals surface area (Å²) in [7, 11) is 0. The van der Waals surface area contributed by atoms with Crippen molar-refractivity contribution >= 4 is 27.6 Å². The summed E-state index contributed by atoms with van der Waals surface area (Å²) in [5.41, 5.74) is 1.23. The summed E-state index contributed by atoms with van der Waals surface area (Å²) >= 11 is 3.52. The largest absolute Gasteiger partial charge is 0.490 e. The third-order valence-electron chi connectivity index (χ3n) is 3.82. The summed E-state index contributed by atoms with van der Waals surface area (Å²) < 4.78 is 26.4. The number of allylic oxidation sites excluding steroid dienone is 1. The molecule has 0 unspecified atom stereocenters. The van der Waals surface area contributed by atoms with Crippen LogP contribution in [0.15, 0.2) is 40.9 Å². The lowest BCUT2D eigenvalue weighted by Gasteiger charge is -2.18. The van der Waals surface area contributed by atoms with Gasteiger partial charge in [0, 0.05) is 5.56 Å². The van der Waals surface area contributed by atoms with E-state index < -0.39 is 5.82 Å². The van der Waals surface area contributed by atoms with Crippen LogP contribution in [0.2, 0.25) is 0 Å². The average Bonchev–Trinajstić information content (AvgIpc) is 2.63. The summed E-state index contributed by atoms with van der Waals surface area (Å²) in [6, 6.07) is 11.9. The smallest absolute Gasteiger partial charge is 0.175 e. The minimum absolute atomic E-state index is 0.0417. The Morgan fingerprint density at radius 2 is 2.04 bits per heavy atom. The van der Waals surface area contributed by atoms with Crippen molar-refractivity contribution in [2.75, 3.05) is 6.61 Å². The average molecular weight is 418 g/mol. The number of ether oxygens (including phenoxy) is 2. The predicted octanol–water partition coefficient (Wildman–Crippen LogP) is 6.23. The van der Waals surface area contributed by atoms with Crippen molar-refractivity contribution in [3.63, 3.8) is 0 Å². The standard InChI is InChI=1S/C21H21BrFNO2/c1-4-14(3)26-21-18(22)11-15(12-20(21)25-5-2)10-16(13-24)17-8-6-7-9-19(17)23/h6-12,14H,4-5H2,1-3H3/b16-10-/t14-/m0/s1. The maximum absolute atomic E-state index is 14.0. The number of nitriles is 1. The van der Waals surface area contributed by atoms with E-state index in [2.05, 4.69) is 22.0 Å². The quantitative estimate of drug-likeness (QED) is 0.396. The summed E-state index contributed by atoms with van der Waals surface area (Å²) in [5.74, 6) is 0.781. The van der Waals surface area contributed by atoms with Gasteiger partial charge >= 0.3 is 0 Å². The van der Waals surface area contributed by atoms with Gasteiger partial charge in [0.1, 0.15) is 5.82 Å². The topological polar surface area (TPSA) is 42.2 Å². The number of benzene rings is 2. The van der Waals surface area contributed by atoms with Gasteiger partial charge < -0.3 is 9.47 Å². The molecule has 0 spiro atoms. The zero-order valence-corrected chi connectivity index (χ0v) is 16.6. The fraction of sp³-hybridized carbons (Fsp3) is 0.286. The molecule has 0 amide bonds. The van der Waals surface area contributed by atoms with E-state index in [1.165, 1.54) is 6.07 Å². The van der Waals surface area contributed by atoms with Gasteiger partial charge in [-0.25, -0.2) is 4.39 Å². The summed E-state index contributed by atoms with van der Waals surface area (Å²) in [6.45, 7) is 6.41. The van der Waals surface area contributed by atoms with Crippen LogP contribution in [-0.4, -0.2) is 12.7 Å². The van der Waals surface area contributed by atoms with Crippen LogP contribution in [0.25, 0.3) is 11.6 Å². The SMILES string of the molecule is CCOc1cc(/C=C(/C#N)c2ccccc2F)cc(Br)c1O[C@@H](C)CC. The van der Waals surface area contributed by atoms with Crippen LogP contribution < -0.4 is 9.47 Å². The molecule has 5 heteroatoms. The molecule has 0 aliphatic heterocycles. The van der Waals surface area contributed by atoms with Gasteiger partial charge in [-0.2, -0.15) is 5.26 Å². The number of hydrogen-bond acceptors (Lipinski definition) is 3. The highest BCUT2D eigenvalue weighted by Crippen LogP contribution is 2.38. The molecular weight excluding hydrogens is 397 g/mol. The van der Waals surface area contributed by atoms with Crippen LogP contribution >= 0.6 is 15.9 Å². The van der Waals surface area contributed by atoms with Crippen LogP contribution in [0.1, 0.15) is 38.3 Å². The van der Waals surface area contributed by atoms with Gasteiger partial charge in [-0.15, -0.1) is 0 Å². The molecule has 0 saturated carbocycles. The first-order valence-corrected chi connectivity index (χ1v) is 9.29. The maximum Gasteiger partial charge on any atom is 0.175 e. The lowest BCUT2D eigenvalue weighted by molar-refractivity contribution is 0.202. The van der Waals surface area contributed by atoms with Crippen LogP contribution in [0.4, 0.5) is 4.39 Å². The molecule has 2 rings (SSSR count). The van der Waals surface area contributed by atoms with E-state index in [9.17, 15) is 9.65 Å². The Bertz CT molecular complexity index is 842. The summed E-state index contributed by atoms with van der Waals surface area (Å²) in [6.07, 6.45) is 2.55. The van der Waals surface area contributed by atoms with Crippen LogP contribution in [0.5, 0.6) is 11.5 Å². The lowest BCUT2D eigenvalue weighted by atomic mass is 10.0. The summed E-state index contributed by atoms with van der Waals surface area (Å²) in [5, 5.41) is 9.46. The Hall–Kier alpha value is -2.32. The normalized spacial score (nSPS) is 12.4. The Morgan fingerprint density at radius 3 is 2.65 bits per heavy atom. The van der Waals surface area contributed by atoms with E-state index in [-0.39, 0.29) is 17.2 Å². The number of rotatable bonds is 7. The first-order chi connectivity index (χ1) is 12.5. The molecule has 1 atom stereocenters. The molecule has 26 heavy (non-hydrogen) atoms. The van der Waals surface area contributed by atoms with Crippen molar-refractivity contribution in [1.29, 1.82) is 5.26 Å². The van der Waals surface area contributed by atoms with Crippen LogP contribution in [0.3, 0.4) is 0 Å². The van der Waals surface area contributed by atoms with Crippen molar-refractivity contribution in [3.05, 3.63) is 57.8 Å². The fourth-order valence-corrected chi connectivity index (χ4v) is 2.90. The van der Waals surface area contributed by atoms with Gasteiger partial charge in [0.05, 0.1) is 28.8 Å². The predicted molar refractivity (Wildman–Crippen MR) is 106 cm³/mol. The molecule has 0 aromatic heterocycles. The molecule has 0 bridgehead atoms. The van der Waals surface area contributed by atoms with Crippen LogP contribution in [-0.2, 0) is 0 Å². The van der Waals surface area contributed by atoms with E-state index >= 15 is 0 Å². The van der Waals surface area contributed by atoms with E-state index in [0.29, 0.717) is 18.1 Å². The first kappa shape index (κ1) is 20.0. The molecular formula is C21H21BrFNO2. The molecule has 0 heterocycles. The third kappa shape index (κ3) is 4.86. The molecule has 136 valence electrons. The van der Waals surface area contributed by atoms with E-state index in [1.807, 2.05) is 26.8 Å². The summed E-state index contributed by atoms with van der Waals surface area (Å²) in [4.78, 5) is 0. The van der Waals surface area contributed by atoms with Gasteiger partial charge in [0.25, 0.3) is 0 Å². The van der Waals surface area contributed by atoms with Gasteiger partial charge in [-0.1, -0.05) is 25.1 Å². The van der Waals surface area contributed by atoms with Crippen molar-refractivity contribution in [2.24, 2.45) is 0 Å². The number of nitrogens with zero attached hydrogens (tertiary/aromatic N) is 1. The van der Waals surface area contributed by atoms with Crippen LogP contribution in [0, 0.1) is 17.1 Å². The Labute approximate surface area is 162 Å². The highest BCUT2D eigenvalue weighted by Gasteiger charge is 2.15. The van der Waals surface area contributed by atoms with E-state index in [1.54, 1.807) is 30.3 Å². The van der Waals surface area contributed by atoms with E-state index in [4.69, 9.17) is 9.47 Å². The highest BCUT2D eigenvalue weighted by atomic mass is 79.9. The van der Waals surface area contributed by atoms with Gasteiger partial charge in [-0.3, -0.25) is 0 Å². The Balaban J connectivity index is 2.49. The van der Waals surface area contributed by atoms with E-state index in [0.717, 1.165) is 16.5 Å². The second kappa shape index (κ2) is 9.40. The van der Waals surface area contributed by atoms with Crippen molar-refractivity contribution < 1.29 is 13.9 Å². The molecule has 2 aromatic rings. The van der Waals surface area contributed by atoms with Gasteiger partial charge in [0.15, 0.2) is 11.5 Å². The molecule has 0 saturated heterocycles. The third-order valence-corrected chi connectivity index (χ3v) is 4.41. The lowest BCUT2D eigenvalue weighted by Crippen LogP contribution is -2.11. The number of halogens is 2. The Kier molecular flexibility index (Phi) is 7.23. The highest BCUT2D eigenvalue weighted by molar-refractivity contribution is 9.10. The van der Waals surface area contributed by atoms with Gasteiger partial charge in [-0.05, 0) is 66.0 Å². The van der Waals surface area contributed by atoms with Crippen molar-refractivity contribution in [3.8, 4) is 17.6 Å². The molecule has 0 aliphatic carbocycles. The second-order valence-electron chi connectivity index (χ2n) is 5.75. The minimum atomic E-state index is -0.430. The minimum Gasteiger partial charge on any atom is -0.490 e. The second-order valence-corrected chi connectivity index (χ2v) is 6.60. The molecule has 0 fully saturated rings. The maximum atomic E-state index is 14.0. The molecule has 2 aromatic carbocycles. The zero-order chi connectivity index (χ0) is 19.1. The first-order valence-electron chi connectivity index (χ1n) is 8.49. The number of hydrogen-bond donors (Lipinski definition) is 0. The van der Waals surface area contributed by atoms with Gasteiger partial charge in [0.2, 0.25) is 0 Å².